The van der Waals surface area contributed by atoms with Crippen LogP contribution in [-0.2, 0) is 20.7 Å². The Kier molecular flexibility index (Phi) is 8.03. The van der Waals surface area contributed by atoms with Gasteiger partial charge >= 0.3 is 7.32 Å². The smallest absolute Gasteiger partial charge is 0.402 e. The summed E-state index contributed by atoms with van der Waals surface area (Å²) in [6, 6.07) is 9.15. The van der Waals surface area contributed by atoms with E-state index in [9.17, 15) is 9.59 Å². The lowest BCUT2D eigenvalue weighted by Gasteiger charge is -2.23. The van der Waals surface area contributed by atoms with Gasteiger partial charge in [-0.05, 0) is 18.6 Å². The fourth-order valence-corrected chi connectivity index (χ4v) is 1.98. The Balaban J connectivity index is 2.66. The van der Waals surface area contributed by atoms with Crippen LogP contribution < -0.4 is 5.32 Å². The van der Waals surface area contributed by atoms with Crippen molar-refractivity contribution in [3.8, 4) is 0 Å². The molecule has 1 rings (SSSR count). The van der Waals surface area contributed by atoms with Gasteiger partial charge in [-0.15, -0.1) is 0 Å². The number of rotatable bonds is 9. The lowest BCUT2D eigenvalue weighted by Crippen LogP contribution is -2.47. The van der Waals surface area contributed by atoms with E-state index >= 15 is 0 Å². The molecule has 0 fully saturated rings. The van der Waals surface area contributed by atoms with Crippen LogP contribution in [0.2, 0.25) is 0 Å². The van der Waals surface area contributed by atoms with E-state index in [0.717, 1.165) is 11.6 Å². The predicted molar refractivity (Wildman–Crippen MR) is 85.8 cm³/mol. The molecule has 0 bridgehead atoms. The fourth-order valence-electron chi connectivity index (χ4n) is 1.98. The molecule has 0 heterocycles. The molecule has 0 aliphatic carbocycles. The minimum Gasteiger partial charge on any atom is -0.402 e. The Morgan fingerprint density at radius 1 is 1.39 bits per heavy atom. The number of likely N-dealkylation sites (N-methyl/N-ethyl adjacent to an activating group) is 1. The van der Waals surface area contributed by atoms with E-state index in [1.807, 2.05) is 30.3 Å². The van der Waals surface area contributed by atoms with Gasteiger partial charge in [-0.3, -0.25) is 9.59 Å². The molecule has 0 saturated carbocycles. The van der Waals surface area contributed by atoms with Gasteiger partial charge in [0, 0.05) is 13.0 Å². The molecule has 8 heteroatoms. The molecule has 0 aromatic heterocycles. The molecule has 0 radical (unpaired) electrons. The molecule has 7 nitrogen and oxygen atoms in total. The lowest BCUT2D eigenvalue weighted by atomic mass is 10.1. The number of amides is 2. The van der Waals surface area contributed by atoms with Gasteiger partial charge in [0.15, 0.2) is 0 Å². The second kappa shape index (κ2) is 9.78. The van der Waals surface area contributed by atoms with Crippen LogP contribution in [0.15, 0.2) is 43.0 Å². The summed E-state index contributed by atoms with van der Waals surface area (Å²) in [5.41, 5.74) is 0.855. The molecule has 0 aliphatic heterocycles. The fraction of sp³-hybridized carbons (Fsp3) is 0.333. The van der Waals surface area contributed by atoms with Crippen LogP contribution in [0.5, 0.6) is 0 Å². The molecule has 3 N–H and O–H groups in total. The monoisotopic (exact) mass is 320 g/mol. The first-order chi connectivity index (χ1) is 11.0. The maximum Gasteiger partial charge on any atom is 0.635 e. The highest BCUT2D eigenvalue weighted by molar-refractivity contribution is 6.32. The Morgan fingerprint density at radius 3 is 2.57 bits per heavy atom. The SMILES string of the molecule is C=CC(=O)N(CC)CC(=O)N[C@@H](Cc1ccccc1)OB(O)O. The van der Waals surface area contributed by atoms with E-state index in [0.29, 0.717) is 6.54 Å². The zero-order valence-electron chi connectivity index (χ0n) is 13.0. The number of carbonyl (C=O) groups excluding carboxylic acids is 2. The first-order valence-electron chi connectivity index (χ1n) is 7.22. The van der Waals surface area contributed by atoms with Gasteiger partial charge < -0.3 is 24.9 Å². The molecule has 0 saturated heterocycles. The normalized spacial score (nSPS) is 11.4. The van der Waals surface area contributed by atoms with Crippen LogP contribution in [0, 0.1) is 0 Å². The quantitative estimate of drug-likeness (QED) is 0.329. The molecule has 1 atom stereocenters. The van der Waals surface area contributed by atoms with Crippen molar-refractivity contribution in [3.05, 3.63) is 48.6 Å². The van der Waals surface area contributed by atoms with E-state index in [2.05, 4.69) is 11.9 Å². The molecule has 0 aliphatic rings. The summed E-state index contributed by atoms with van der Waals surface area (Å²) in [4.78, 5) is 24.9. The van der Waals surface area contributed by atoms with Crippen molar-refractivity contribution < 1.29 is 24.3 Å². The van der Waals surface area contributed by atoms with Crippen LogP contribution in [0.25, 0.3) is 0 Å². The van der Waals surface area contributed by atoms with Gasteiger partial charge in [0.25, 0.3) is 0 Å². The van der Waals surface area contributed by atoms with Crippen molar-refractivity contribution in [1.29, 1.82) is 0 Å². The Morgan fingerprint density at radius 2 is 2.04 bits per heavy atom. The largest absolute Gasteiger partial charge is 0.635 e. The van der Waals surface area contributed by atoms with Crippen molar-refractivity contribution in [2.24, 2.45) is 0 Å². The molecule has 1 aromatic rings. The molecule has 1 aromatic carbocycles. The van der Waals surface area contributed by atoms with Gasteiger partial charge in [-0.1, -0.05) is 36.9 Å². The van der Waals surface area contributed by atoms with E-state index in [-0.39, 0.29) is 18.9 Å². The standard InChI is InChI=1S/C15H21BN2O5/c1-3-15(20)18(4-2)11-13(19)17-14(23-16(21)22)10-12-8-6-5-7-9-12/h3,5-9,14,21-22H,1,4,10-11H2,2H3,(H,17,19)/t14-/m1/s1. The third-order valence-electron chi connectivity index (χ3n) is 3.07. The summed E-state index contributed by atoms with van der Waals surface area (Å²) < 4.78 is 4.88. The third-order valence-corrected chi connectivity index (χ3v) is 3.07. The second-order valence-corrected chi connectivity index (χ2v) is 4.76. The zero-order chi connectivity index (χ0) is 17.2. The van der Waals surface area contributed by atoms with E-state index in [1.54, 1.807) is 6.92 Å². The van der Waals surface area contributed by atoms with Crippen molar-refractivity contribution in [2.75, 3.05) is 13.1 Å². The average Bonchev–Trinajstić information content (AvgIpc) is 2.52. The minimum absolute atomic E-state index is 0.169. The molecule has 0 unspecified atom stereocenters. The van der Waals surface area contributed by atoms with Crippen molar-refractivity contribution >= 4 is 19.1 Å². The number of hydrogen-bond donors (Lipinski definition) is 3. The van der Waals surface area contributed by atoms with Crippen LogP contribution in [0.3, 0.4) is 0 Å². The highest BCUT2D eigenvalue weighted by Crippen LogP contribution is 2.05. The van der Waals surface area contributed by atoms with Gasteiger partial charge in [0.2, 0.25) is 11.8 Å². The topological polar surface area (TPSA) is 99.1 Å². The van der Waals surface area contributed by atoms with Gasteiger partial charge in [0.05, 0.1) is 6.54 Å². The van der Waals surface area contributed by atoms with Crippen LogP contribution in [-0.4, -0.2) is 53.4 Å². The van der Waals surface area contributed by atoms with Crippen LogP contribution in [0.4, 0.5) is 0 Å². The minimum atomic E-state index is -2.01. The number of hydrogen-bond acceptors (Lipinski definition) is 5. The van der Waals surface area contributed by atoms with E-state index in [4.69, 9.17) is 14.7 Å². The predicted octanol–water partition coefficient (Wildman–Crippen LogP) is -0.308. The first kappa shape index (κ1) is 18.9. The Labute approximate surface area is 135 Å². The number of nitrogens with zero attached hydrogens (tertiary/aromatic N) is 1. The first-order valence-corrected chi connectivity index (χ1v) is 7.22. The number of nitrogens with one attached hydrogen (secondary N) is 1. The molecular formula is C15H21BN2O5. The highest BCUT2D eigenvalue weighted by Gasteiger charge is 2.22. The Hall–Kier alpha value is -2.16. The zero-order valence-corrected chi connectivity index (χ0v) is 13.0. The molecule has 2 amide bonds. The lowest BCUT2D eigenvalue weighted by molar-refractivity contribution is -0.133. The highest BCUT2D eigenvalue weighted by atomic mass is 16.6. The molecule has 124 valence electrons. The van der Waals surface area contributed by atoms with Crippen LogP contribution in [0.1, 0.15) is 12.5 Å². The summed E-state index contributed by atoms with van der Waals surface area (Å²) in [5, 5.41) is 20.5. The van der Waals surface area contributed by atoms with Gasteiger partial charge in [0.1, 0.15) is 6.23 Å². The summed E-state index contributed by atoms with van der Waals surface area (Å²) in [5.74, 6) is -0.825. The van der Waals surface area contributed by atoms with Gasteiger partial charge in [-0.25, -0.2) is 0 Å². The number of carbonyl (C=O) groups is 2. The average molecular weight is 320 g/mol. The Bertz CT molecular complexity index is 524. The van der Waals surface area contributed by atoms with E-state index in [1.165, 1.54) is 4.90 Å². The summed E-state index contributed by atoms with van der Waals surface area (Å²) in [6.07, 6.45) is 0.459. The maximum atomic E-state index is 12.0. The summed E-state index contributed by atoms with van der Waals surface area (Å²) in [6.45, 7) is 5.30. The second-order valence-electron chi connectivity index (χ2n) is 4.76. The maximum absolute atomic E-state index is 12.0. The molecule has 23 heavy (non-hydrogen) atoms. The summed E-state index contributed by atoms with van der Waals surface area (Å²) in [7, 11) is -2.01. The summed E-state index contributed by atoms with van der Waals surface area (Å²) >= 11 is 0. The molecule has 0 spiro atoms. The van der Waals surface area contributed by atoms with Crippen molar-refractivity contribution in [3.63, 3.8) is 0 Å². The van der Waals surface area contributed by atoms with Gasteiger partial charge in [-0.2, -0.15) is 0 Å². The van der Waals surface area contributed by atoms with E-state index < -0.39 is 19.5 Å². The van der Waals surface area contributed by atoms with Crippen molar-refractivity contribution in [2.45, 2.75) is 19.6 Å². The van der Waals surface area contributed by atoms with Crippen LogP contribution >= 0.6 is 0 Å². The van der Waals surface area contributed by atoms with Crippen molar-refractivity contribution in [1.82, 2.24) is 10.2 Å². The number of benzene rings is 1. The molecular weight excluding hydrogens is 299 g/mol. The third kappa shape index (κ3) is 7.09.